The minimum Gasteiger partial charge on any atom is -0.393 e. The van der Waals surface area contributed by atoms with Crippen LogP contribution >= 0.6 is 0 Å². The van der Waals surface area contributed by atoms with Gasteiger partial charge < -0.3 is 15.2 Å². The number of aliphatic hydroxyl groups is 1. The number of hydrogen-bond donors (Lipinski definition) is 2. The van der Waals surface area contributed by atoms with E-state index in [4.69, 9.17) is 4.74 Å². The van der Waals surface area contributed by atoms with Gasteiger partial charge in [-0.3, -0.25) is 0 Å². The summed E-state index contributed by atoms with van der Waals surface area (Å²) in [6.45, 7) is 3.61. The maximum Gasteiger partial charge on any atom is 0.0647 e. The first kappa shape index (κ1) is 7.53. The van der Waals surface area contributed by atoms with E-state index in [1.54, 1.807) is 0 Å². The first-order chi connectivity index (χ1) is 5.18. The third kappa shape index (κ3) is 1.41. The molecule has 0 aromatic heterocycles. The Morgan fingerprint density at radius 1 is 1.64 bits per heavy atom. The van der Waals surface area contributed by atoms with Gasteiger partial charge in [0.15, 0.2) is 0 Å². The lowest BCUT2D eigenvalue weighted by atomic mass is 9.85. The van der Waals surface area contributed by atoms with Crippen molar-refractivity contribution in [3.05, 3.63) is 0 Å². The van der Waals surface area contributed by atoms with Gasteiger partial charge in [-0.15, -0.1) is 0 Å². The van der Waals surface area contributed by atoms with Gasteiger partial charge in [-0.1, -0.05) is 0 Å². The average Bonchev–Trinajstić information content (AvgIpc) is 1.82. The van der Waals surface area contributed by atoms with Crippen LogP contribution in [-0.2, 0) is 4.74 Å². The van der Waals surface area contributed by atoms with E-state index in [0.717, 1.165) is 26.1 Å². The van der Waals surface area contributed by atoms with Crippen molar-refractivity contribution in [2.24, 2.45) is 0 Å². The lowest BCUT2D eigenvalue weighted by Crippen LogP contribution is -2.62. The van der Waals surface area contributed by atoms with Gasteiger partial charge in [0.05, 0.1) is 19.3 Å². The highest BCUT2D eigenvalue weighted by molar-refractivity contribution is 4.97. The van der Waals surface area contributed by atoms with Gasteiger partial charge in [-0.05, 0) is 19.8 Å². The van der Waals surface area contributed by atoms with E-state index in [1.807, 2.05) is 0 Å². The third-order valence-corrected chi connectivity index (χ3v) is 2.53. The number of rotatable bonds is 0. The molecule has 0 radical (unpaired) electrons. The second kappa shape index (κ2) is 2.44. The molecule has 2 N–H and O–H groups in total. The molecule has 3 unspecified atom stereocenters. The zero-order valence-corrected chi connectivity index (χ0v) is 6.84. The fourth-order valence-corrected chi connectivity index (χ4v) is 2.18. The van der Waals surface area contributed by atoms with Gasteiger partial charge in [-0.25, -0.2) is 0 Å². The van der Waals surface area contributed by atoms with Gasteiger partial charge in [0.1, 0.15) is 0 Å². The van der Waals surface area contributed by atoms with Crippen molar-refractivity contribution >= 4 is 0 Å². The average molecular weight is 157 g/mol. The normalized spacial score (nSPS) is 50.7. The van der Waals surface area contributed by atoms with Crippen LogP contribution in [0.25, 0.3) is 0 Å². The van der Waals surface area contributed by atoms with Crippen LogP contribution in [0.3, 0.4) is 0 Å². The molecule has 64 valence electrons. The summed E-state index contributed by atoms with van der Waals surface area (Å²) in [5.74, 6) is 0. The van der Waals surface area contributed by atoms with Gasteiger partial charge in [-0.2, -0.15) is 0 Å². The summed E-state index contributed by atoms with van der Waals surface area (Å²) in [5, 5.41) is 13.0. The number of hydrogen-bond acceptors (Lipinski definition) is 3. The summed E-state index contributed by atoms with van der Waals surface area (Å²) < 4.78 is 5.41. The molecule has 2 fully saturated rings. The fraction of sp³-hybridized carbons (Fsp3) is 1.00. The minimum absolute atomic E-state index is 0.0284. The van der Waals surface area contributed by atoms with Crippen molar-refractivity contribution in [1.82, 2.24) is 5.32 Å². The largest absolute Gasteiger partial charge is 0.393 e. The van der Waals surface area contributed by atoms with Crippen molar-refractivity contribution in [3.8, 4) is 0 Å². The Labute approximate surface area is 66.7 Å². The molecule has 0 aromatic rings. The molecule has 0 aromatic carbocycles. The molecule has 0 spiro atoms. The second-order valence-corrected chi connectivity index (χ2v) is 4.01. The molecule has 2 aliphatic heterocycles. The number of fused-ring (bicyclic) bond motifs is 2. The van der Waals surface area contributed by atoms with Crippen LogP contribution in [0.15, 0.2) is 0 Å². The Balaban J connectivity index is 2.09. The highest BCUT2D eigenvalue weighted by Gasteiger charge is 2.39. The van der Waals surface area contributed by atoms with E-state index in [2.05, 4.69) is 12.2 Å². The van der Waals surface area contributed by atoms with E-state index in [0.29, 0.717) is 6.04 Å². The Kier molecular flexibility index (Phi) is 1.67. The van der Waals surface area contributed by atoms with E-state index >= 15 is 0 Å². The molecule has 2 heterocycles. The van der Waals surface area contributed by atoms with E-state index in [1.165, 1.54) is 0 Å². The number of aliphatic hydroxyl groups excluding tert-OH is 1. The van der Waals surface area contributed by atoms with Crippen molar-refractivity contribution < 1.29 is 9.84 Å². The zero-order chi connectivity index (χ0) is 7.90. The van der Waals surface area contributed by atoms with Crippen LogP contribution in [0.2, 0.25) is 0 Å². The molecule has 0 aliphatic carbocycles. The Bertz CT molecular complexity index is 158. The van der Waals surface area contributed by atoms with Crippen LogP contribution in [-0.4, -0.2) is 36.0 Å². The molecule has 0 amide bonds. The third-order valence-electron chi connectivity index (χ3n) is 2.53. The summed E-state index contributed by atoms with van der Waals surface area (Å²) >= 11 is 0. The molecule has 3 nitrogen and oxygen atoms in total. The topological polar surface area (TPSA) is 41.5 Å². The summed E-state index contributed by atoms with van der Waals surface area (Å²) in [6, 6.07) is 0.373. The summed E-state index contributed by atoms with van der Waals surface area (Å²) in [7, 11) is 0. The maximum absolute atomic E-state index is 9.48. The molecule has 2 saturated heterocycles. The van der Waals surface area contributed by atoms with Crippen LogP contribution in [0.4, 0.5) is 0 Å². The molecule has 2 aliphatic rings. The van der Waals surface area contributed by atoms with E-state index in [-0.39, 0.29) is 11.6 Å². The summed E-state index contributed by atoms with van der Waals surface area (Å²) in [6.07, 6.45) is 1.54. The van der Waals surface area contributed by atoms with Crippen LogP contribution in [0.5, 0.6) is 0 Å². The van der Waals surface area contributed by atoms with Gasteiger partial charge in [0, 0.05) is 11.6 Å². The second-order valence-electron chi connectivity index (χ2n) is 4.01. The number of piperidine rings is 1. The van der Waals surface area contributed by atoms with Gasteiger partial charge >= 0.3 is 0 Å². The number of morpholine rings is 1. The standard InChI is InChI=1S/C8H15NO2/c1-8-3-7(10)2-6(9-8)4-11-5-8/h6-7,9-10H,2-5H2,1H3. The Morgan fingerprint density at radius 3 is 3.18 bits per heavy atom. The van der Waals surface area contributed by atoms with Crippen molar-refractivity contribution in [2.45, 2.75) is 37.5 Å². The van der Waals surface area contributed by atoms with Crippen LogP contribution in [0.1, 0.15) is 19.8 Å². The molecule has 11 heavy (non-hydrogen) atoms. The van der Waals surface area contributed by atoms with Crippen molar-refractivity contribution in [1.29, 1.82) is 0 Å². The molecule has 3 heteroatoms. The van der Waals surface area contributed by atoms with Crippen molar-refractivity contribution in [3.63, 3.8) is 0 Å². The molecule has 2 bridgehead atoms. The SMILES string of the molecule is CC12COCC(CC(O)C1)N2. The monoisotopic (exact) mass is 157 g/mol. The number of ether oxygens (including phenoxy) is 1. The summed E-state index contributed by atoms with van der Waals surface area (Å²) in [4.78, 5) is 0. The predicted molar refractivity (Wildman–Crippen MR) is 41.4 cm³/mol. The minimum atomic E-state index is -0.129. The van der Waals surface area contributed by atoms with Crippen molar-refractivity contribution in [2.75, 3.05) is 13.2 Å². The van der Waals surface area contributed by atoms with Gasteiger partial charge in [0.25, 0.3) is 0 Å². The molecular weight excluding hydrogens is 142 g/mol. The quantitative estimate of drug-likeness (QED) is 0.515. The maximum atomic E-state index is 9.48. The number of nitrogens with one attached hydrogen (secondary N) is 1. The smallest absolute Gasteiger partial charge is 0.0647 e. The highest BCUT2D eigenvalue weighted by Crippen LogP contribution is 2.26. The van der Waals surface area contributed by atoms with E-state index < -0.39 is 0 Å². The van der Waals surface area contributed by atoms with Crippen LogP contribution in [0, 0.1) is 0 Å². The first-order valence-corrected chi connectivity index (χ1v) is 4.21. The Hall–Kier alpha value is -0.120. The highest BCUT2D eigenvalue weighted by atomic mass is 16.5. The lowest BCUT2D eigenvalue weighted by molar-refractivity contribution is -0.0577. The lowest BCUT2D eigenvalue weighted by Gasteiger charge is -2.45. The molecule has 2 rings (SSSR count). The molecule has 0 saturated carbocycles. The van der Waals surface area contributed by atoms with Crippen LogP contribution < -0.4 is 5.32 Å². The van der Waals surface area contributed by atoms with E-state index in [9.17, 15) is 5.11 Å². The Morgan fingerprint density at radius 2 is 2.45 bits per heavy atom. The zero-order valence-electron chi connectivity index (χ0n) is 6.84. The summed E-state index contributed by atoms with van der Waals surface area (Å²) in [5.41, 5.74) is 0.0284. The first-order valence-electron chi connectivity index (χ1n) is 4.21. The molecule has 3 atom stereocenters. The predicted octanol–water partition coefficient (Wildman–Crippen LogP) is -0.112. The fourth-order valence-electron chi connectivity index (χ4n) is 2.18. The molecular formula is C8H15NO2. The van der Waals surface area contributed by atoms with Gasteiger partial charge in [0.2, 0.25) is 0 Å².